The van der Waals surface area contributed by atoms with Crippen LogP contribution in [0.2, 0.25) is 0 Å². The molecular formula is C10H20O2. The molecule has 0 aromatic carbocycles. The van der Waals surface area contributed by atoms with Gasteiger partial charge >= 0.3 is 0 Å². The van der Waals surface area contributed by atoms with E-state index in [1.807, 2.05) is 0 Å². The van der Waals surface area contributed by atoms with Gasteiger partial charge in [0.1, 0.15) is 0 Å². The van der Waals surface area contributed by atoms with Crippen LogP contribution < -0.4 is 0 Å². The van der Waals surface area contributed by atoms with Crippen LogP contribution in [-0.4, -0.2) is 24.4 Å². The highest BCUT2D eigenvalue weighted by molar-refractivity contribution is 4.72. The van der Waals surface area contributed by atoms with Crippen molar-refractivity contribution in [1.82, 2.24) is 0 Å². The highest BCUT2D eigenvalue weighted by atomic mass is 16.5. The van der Waals surface area contributed by atoms with Gasteiger partial charge in [-0.05, 0) is 12.8 Å². The molecule has 1 aliphatic heterocycles. The molecule has 1 saturated heterocycles. The molecule has 0 aromatic rings. The Morgan fingerprint density at radius 2 is 2.33 bits per heavy atom. The van der Waals surface area contributed by atoms with Crippen LogP contribution in [-0.2, 0) is 4.74 Å². The molecule has 0 amide bonds. The van der Waals surface area contributed by atoms with Crippen molar-refractivity contribution >= 4 is 0 Å². The summed E-state index contributed by atoms with van der Waals surface area (Å²) in [5, 5.41) is 9.70. The topological polar surface area (TPSA) is 29.5 Å². The summed E-state index contributed by atoms with van der Waals surface area (Å²) in [6.07, 6.45) is 5.53. The molecule has 12 heavy (non-hydrogen) atoms. The molecule has 2 unspecified atom stereocenters. The van der Waals surface area contributed by atoms with Crippen LogP contribution in [0, 0.1) is 5.92 Å². The minimum absolute atomic E-state index is 0.112. The molecule has 1 aliphatic rings. The first-order valence-electron chi connectivity index (χ1n) is 5.10. The van der Waals surface area contributed by atoms with Crippen LogP contribution >= 0.6 is 0 Å². The van der Waals surface area contributed by atoms with E-state index < -0.39 is 0 Å². The Morgan fingerprint density at radius 3 is 2.92 bits per heavy atom. The number of hydrogen-bond acceptors (Lipinski definition) is 2. The zero-order chi connectivity index (χ0) is 8.81. The summed E-state index contributed by atoms with van der Waals surface area (Å²) in [5.74, 6) is 0.418. The highest BCUT2D eigenvalue weighted by Crippen LogP contribution is 2.20. The molecule has 0 bridgehead atoms. The zero-order valence-electron chi connectivity index (χ0n) is 7.96. The van der Waals surface area contributed by atoms with Crippen LogP contribution in [0.4, 0.5) is 0 Å². The van der Waals surface area contributed by atoms with Crippen molar-refractivity contribution in [3.05, 3.63) is 0 Å². The van der Waals surface area contributed by atoms with Crippen molar-refractivity contribution in [2.75, 3.05) is 13.2 Å². The maximum Gasteiger partial charge on any atom is 0.0591 e. The van der Waals surface area contributed by atoms with Gasteiger partial charge in [-0.3, -0.25) is 0 Å². The maximum atomic E-state index is 9.70. The minimum Gasteiger partial charge on any atom is -0.393 e. The standard InChI is InChI=1S/C10H20O2/c1-2-3-4-5-10(11)9-6-7-12-8-9/h9-11H,2-8H2,1H3. The van der Waals surface area contributed by atoms with Gasteiger partial charge in [-0.15, -0.1) is 0 Å². The Bertz CT molecular complexity index is 108. The molecule has 0 saturated carbocycles. The molecule has 1 heterocycles. The lowest BCUT2D eigenvalue weighted by Gasteiger charge is -2.15. The first-order chi connectivity index (χ1) is 5.84. The van der Waals surface area contributed by atoms with E-state index in [4.69, 9.17) is 4.74 Å². The fraction of sp³-hybridized carbons (Fsp3) is 1.00. The summed E-state index contributed by atoms with van der Waals surface area (Å²) in [6, 6.07) is 0. The molecule has 72 valence electrons. The van der Waals surface area contributed by atoms with E-state index in [-0.39, 0.29) is 6.10 Å². The van der Waals surface area contributed by atoms with Gasteiger partial charge in [0.2, 0.25) is 0 Å². The number of unbranched alkanes of at least 4 members (excludes halogenated alkanes) is 2. The third-order valence-corrected chi connectivity index (χ3v) is 2.61. The zero-order valence-corrected chi connectivity index (χ0v) is 7.96. The summed E-state index contributed by atoms with van der Waals surface area (Å²) in [6.45, 7) is 3.80. The average molecular weight is 172 g/mol. The number of hydrogen-bond donors (Lipinski definition) is 1. The van der Waals surface area contributed by atoms with Crippen molar-refractivity contribution in [2.24, 2.45) is 5.92 Å². The van der Waals surface area contributed by atoms with Crippen molar-refractivity contribution < 1.29 is 9.84 Å². The Hall–Kier alpha value is -0.0800. The van der Waals surface area contributed by atoms with Gasteiger partial charge in [0.05, 0.1) is 12.7 Å². The van der Waals surface area contributed by atoms with E-state index in [1.165, 1.54) is 12.8 Å². The fourth-order valence-electron chi connectivity index (χ4n) is 1.70. The summed E-state index contributed by atoms with van der Waals surface area (Å²) in [5.41, 5.74) is 0. The Morgan fingerprint density at radius 1 is 1.50 bits per heavy atom. The summed E-state index contributed by atoms with van der Waals surface area (Å²) in [4.78, 5) is 0. The monoisotopic (exact) mass is 172 g/mol. The van der Waals surface area contributed by atoms with E-state index in [0.29, 0.717) is 5.92 Å². The second-order valence-electron chi connectivity index (χ2n) is 3.69. The lowest BCUT2D eigenvalue weighted by atomic mass is 9.97. The van der Waals surface area contributed by atoms with Gasteiger partial charge in [-0.25, -0.2) is 0 Å². The predicted molar refractivity (Wildman–Crippen MR) is 49.1 cm³/mol. The van der Waals surface area contributed by atoms with E-state index in [0.717, 1.165) is 32.5 Å². The number of rotatable bonds is 5. The Balaban J connectivity index is 2.05. The van der Waals surface area contributed by atoms with E-state index in [9.17, 15) is 5.11 Å². The van der Waals surface area contributed by atoms with Crippen molar-refractivity contribution in [1.29, 1.82) is 0 Å². The van der Waals surface area contributed by atoms with Gasteiger partial charge < -0.3 is 9.84 Å². The SMILES string of the molecule is CCCCCC(O)C1CCOC1. The first-order valence-corrected chi connectivity index (χ1v) is 5.10. The first kappa shape index (κ1) is 10.0. The quantitative estimate of drug-likeness (QED) is 0.642. The predicted octanol–water partition coefficient (Wildman–Crippen LogP) is 1.96. The van der Waals surface area contributed by atoms with Crippen molar-refractivity contribution in [3.63, 3.8) is 0 Å². The summed E-state index contributed by atoms with van der Waals surface area (Å²) >= 11 is 0. The van der Waals surface area contributed by atoms with Crippen LogP contribution in [0.15, 0.2) is 0 Å². The molecule has 0 aliphatic carbocycles. The summed E-state index contributed by atoms with van der Waals surface area (Å²) in [7, 11) is 0. The molecule has 0 radical (unpaired) electrons. The Labute approximate surface area is 74.9 Å². The van der Waals surface area contributed by atoms with Crippen LogP contribution in [0.1, 0.15) is 39.0 Å². The van der Waals surface area contributed by atoms with Crippen molar-refractivity contribution in [2.45, 2.75) is 45.1 Å². The lowest BCUT2D eigenvalue weighted by Crippen LogP contribution is -2.20. The van der Waals surface area contributed by atoms with Crippen molar-refractivity contribution in [3.8, 4) is 0 Å². The second kappa shape index (κ2) is 5.55. The fourth-order valence-corrected chi connectivity index (χ4v) is 1.70. The van der Waals surface area contributed by atoms with E-state index in [2.05, 4.69) is 6.92 Å². The average Bonchev–Trinajstić information content (AvgIpc) is 2.56. The molecule has 0 aromatic heterocycles. The summed E-state index contributed by atoms with van der Waals surface area (Å²) < 4.78 is 5.22. The van der Waals surface area contributed by atoms with Gasteiger partial charge in [0.25, 0.3) is 0 Å². The molecule has 1 N–H and O–H groups in total. The highest BCUT2D eigenvalue weighted by Gasteiger charge is 2.22. The van der Waals surface area contributed by atoms with Gasteiger partial charge in [0, 0.05) is 12.5 Å². The van der Waals surface area contributed by atoms with E-state index >= 15 is 0 Å². The van der Waals surface area contributed by atoms with Crippen LogP contribution in [0.3, 0.4) is 0 Å². The third kappa shape index (κ3) is 3.11. The second-order valence-corrected chi connectivity index (χ2v) is 3.69. The van der Waals surface area contributed by atoms with Gasteiger partial charge in [0.15, 0.2) is 0 Å². The molecule has 1 rings (SSSR count). The third-order valence-electron chi connectivity index (χ3n) is 2.61. The van der Waals surface area contributed by atoms with Gasteiger partial charge in [-0.2, -0.15) is 0 Å². The molecule has 0 spiro atoms. The maximum absolute atomic E-state index is 9.70. The molecular weight excluding hydrogens is 152 g/mol. The minimum atomic E-state index is -0.112. The molecule has 2 heteroatoms. The van der Waals surface area contributed by atoms with E-state index in [1.54, 1.807) is 0 Å². The smallest absolute Gasteiger partial charge is 0.0591 e. The number of aliphatic hydroxyl groups excluding tert-OH is 1. The Kier molecular flexibility index (Phi) is 4.62. The normalized spacial score (nSPS) is 26.0. The number of ether oxygens (including phenoxy) is 1. The van der Waals surface area contributed by atoms with Crippen LogP contribution in [0.25, 0.3) is 0 Å². The molecule has 1 fully saturated rings. The van der Waals surface area contributed by atoms with Crippen LogP contribution in [0.5, 0.6) is 0 Å². The largest absolute Gasteiger partial charge is 0.393 e. The lowest BCUT2D eigenvalue weighted by molar-refractivity contribution is 0.0827. The molecule has 2 nitrogen and oxygen atoms in total. The van der Waals surface area contributed by atoms with Gasteiger partial charge in [-0.1, -0.05) is 26.2 Å². The number of aliphatic hydroxyl groups is 1. The molecule has 2 atom stereocenters.